The lowest BCUT2D eigenvalue weighted by molar-refractivity contribution is -0.142. The second kappa shape index (κ2) is 12.1. The minimum atomic E-state index is -1.30. The van der Waals surface area contributed by atoms with Crippen LogP contribution in [0.15, 0.2) is 24.3 Å². The molecule has 9 N–H and O–H groups in total. The zero-order valence-corrected chi connectivity index (χ0v) is 17.4. The summed E-state index contributed by atoms with van der Waals surface area (Å²) in [6.07, 6.45) is 8.00. The molecule has 168 valence electrons. The Kier molecular flexibility index (Phi) is 10.2. The van der Waals surface area contributed by atoms with Crippen LogP contribution in [0, 0.1) is 11.8 Å². The van der Waals surface area contributed by atoms with E-state index in [9.17, 15) is 24.3 Å². The van der Waals surface area contributed by atoms with Gasteiger partial charge in [-0.1, -0.05) is 38.2 Å². The van der Waals surface area contributed by atoms with E-state index in [1.807, 2.05) is 24.3 Å². The number of amides is 3. The Balaban J connectivity index is 2.85. The van der Waals surface area contributed by atoms with Gasteiger partial charge in [0.2, 0.25) is 17.7 Å². The van der Waals surface area contributed by atoms with Gasteiger partial charge in [-0.3, -0.25) is 14.4 Å². The van der Waals surface area contributed by atoms with Crippen LogP contribution in [0.5, 0.6) is 0 Å². The highest BCUT2D eigenvalue weighted by molar-refractivity contribution is 5.92. The molecule has 1 aliphatic carbocycles. The highest BCUT2D eigenvalue weighted by atomic mass is 16.4. The van der Waals surface area contributed by atoms with Crippen molar-refractivity contribution in [2.45, 2.75) is 63.7 Å². The lowest BCUT2D eigenvalue weighted by atomic mass is 9.93. The van der Waals surface area contributed by atoms with Gasteiger partial charge in [0.05, 0.1) is 6.04 Å². The van der Waals surface area contributed by atoms with Crippen LogP contribution < -0.4 is 27.8 Å². The van der Waals surface area contributed by atoms with Crippen LogP contribution in [0.1, 0.15) is 39.5 Å². The van der Waals surface area contributed by atoms with Crippen LogP contribution in [-0.2, 0) is 19.2 Å². The van der Waals surface area contributed by atoms with Gasteiger partial charge in [0, 0.05) is 12.5 Å². The number of allylic oxidation sites excluding steroid dienone is 2. The number of nitrogens with one attached hydrogen (secondary N) is 2. The van der Waals surface area contributed by atoms with Crippen molar-refractivity contribution in [3.63, 3.8) is 0 Å². The van der Waals surface area contributed by atoms with Crippen LogP contribution in [0.4, 0.5) is 0 Å². The molecule has 1 rings (SSSR count). The van der Waals surface area contributed by atoms with Crippen molar-refractivity contribution >= 4 is 23.7 Å². The SMILES string of the molecule is CC(C)[C@H](N)C(=O)N[C@@H](CCC1C=CC(N)C=C1)C(=O)N[C@@H](CCC(N)=O)C(=O)O. The normalized spacial score (nSPS) is 21.0. The summed E-state index contributed by atoms with van der Waals surface area (Å²) in [6.45, 7) is 3.56. The Labute approximate surface area is 176 Å². The summed E-state index contributed by atoms with van der Waals surface area (Å²) in [5.74, 6) is -3.21. The van der Waals surface area contributed by atoms with Gasteiger partial charge in [-0.25, -0.2) is 4.79 Å². The molecule has 0 saturated heterocycles. The molecule has 0 heterocycles. The minimum absolute atomic E-state index is 0.0425. The molecule has 0 aliphatic heterocycles. The average molecular weight is 424 g/mol. The number of hydrogen-bond acceptors (Lipinski definition) is 6. The number of hydrogen-bond donors (Lipinski definition) is 6. The van der Waals surface area contributed by atoms with Crippen molar-refractivity contribution in [1.29, 1.82) is 0 Å². The van der Waals surface area contributed by atoms with E-state index in [0.717, 1.165) is 0 Å². The highest BCUT2D eigenvalue weighted by Crippen LogP contribution is 2.17. The molecule has 1 aliphatic rings. The van der Waals surface area contributed by atoms with Gasteiger partial charge >= 0.3 is 5.97 Å². The van der Waals surface area contributed by atoms with E-state index in [1.165, 1.54) is 0 Å². The Hall–Kier alpha value is -2.72. The predicted octanol–water partition coefficient (Wildman–Crippen LogP) is -0.861. The molecule has 0 spiro atoms. The first kappa shape index (κ1) is 25.3. The number of aliphatic carboxylic acids is 1. The second-order valence-electron chi connectivity index (χ2n) is 7.82. The van der Waals surface area contributed by atoms with Crippen LogP contribution in [-0.4, -0.2) is 53.0 Å². The number of nitrogens with two attached hydrogens (primary N) is 3. The van der Waals surface area contributed by atoms with Crippen LogP contribution >= 0.6 is 0 Å². The fourth-order valence-corrected chi connectivity index (χ4v) is 2.88. The van der Waals surface area contributed by atoms with Gasteiger partial charge in [0.1, 0.15) is 12.1 Å². The molecule has 0 aromatic carbocycles. The average Bonchev–Trinajstić information content (AvgIpc) is 2.67. The first-order valence-electron chi connectivity index (χ1n) is 10.0. The Morgan fingerprint density at radius 3 is 2.03 bits per heavy atom. The molecule has 10 nitrogen and oxygen atoms in total. The van der Waals surface area contributed by atoms with Gasteiger partial charge in [-0.2, -0.15) is 0 Å². The summed E-state index contributed by atoms with van der Waals surface area (Å²) in [7, 11) is 0. The zero-order chi connectivity index (χ0) is 22.8. The summed E-state index contributed by atoms with van der Waals surface area (Å²) in [6, 6.07) is -3.23. The van der Waals surface area contributed by atoms with Gasteiger partial charge in [-0.05, 0) is 31.1 Å². The zero-order valence-electron chi connectivity index (χ0n) is 17.4. The molecular formula is C20H33N5O5. The number of rotatable bonds is 12. The quantitative estimate of drug-likeness (QED) is 0.220. The standard InChI is InChI=1S/C20H33N5O5/c1-11(2)17(23)19(28)24-14(8-5-12-3-6-13(21)7-4-12)18(27)25-15(20(29)30)9-10-16(22)26/h3-4,6-7,11-15,17H,5,8-10,21,23H2,1-2H3,(H2,22,26)(H,24,28)(H,25,27)(H,29,30)/t12?,13?,14-,15-,17-/m0/s1. The third kappa shape index (κ3) is 8.75. The fraction of sp³-hybridized carbons (Fsp3) is 0.600. The van der Waals surface area contributed by atoms with Gasteiger partial charge in [0.15, 0.2) is 0 Å². The van der Waals surface area contributed by atoms with E-state index in [1.54, 1.807) is 13.8 Å². The van der Waals surface area contributed by atoms with Gasteiger partial charge in [-0.15, -0.1) is 0 Å². The second-order valence-corrected chi connectivity index (χ2v) is 7.82. The van der Waals surface area contributed by atoms with Crippen molar-refractivity contribution in [3.8, 4) is 0 Å². The third-order valence-corrected chi connectivity index (χ3v) is 4.90. The van der Waals surface area contributed by atoms with Gasteiger partial charge < -0.3 is 32.9 Å². The molecule has 0 radical (unpaired) electrons. The number of primary amides is 1. The molecule has 0 bridgehead atoms. The smallest absolute Gasteiger partial charge is 0.326 e. The third-order valence-electron chi connectivity index (χ3n) is 4.90. The molecular weight excluding hydrogens is 390 g/mol. The number of carboxylic acids is 1. The number of carbonyl (C=O) groups excluding carboxylic acids is 3. The summed E-state index contributed by atoms with van der Waals surface area (Å²) >= 11 is 0. The van der Waals surface area contributed by atoms with E-state index in [4.69, 9.17) is 17.2 Å². The molecule has 3 amide bonds. The van der Waals surface area contributed by atoms with Crippen LogP contribution in [0.2, 0.25) is 0 Å². The molecule has 0 fully saturated rings. The minimum Gasteiger partial charge on any atom is -0.480 e. The largest absolute Gasteiger partial charge is 0.480 e. The van der Waals surface area contributed by atoms with Crippen molar-refractivity contribution in [3.05, 3.63) is 24.3 Å². The van der Waals surface area contributed by atoms with E-state index >= 15 is 0 Å². The Morgan fingerprint density at radius 2 is 1.53 bits per heavy atom. The molecule has 0 unspecified atom stereocenters. The monoisotopic (exact) mass is 423 g/mol. The van der Waals surface area contributed by atoms with E-state index in [-0.39, 0.29) is 37.1 Å². The topological polar surface area (TPSA) is 191 Å². The molecule has 3 atom stereocenters. The Morgan fingerprint density at radius 1 is 0.967 bits per heavy atom. The molecule has 30 heavy (non-hydrogen) atoms. The van der Waals surface area contributed by atoms with Crippen molar-refractivity contribution < 1.29 is 24.3 Å². The van der Waals surface area contributed by atoms with Gasteiger partial charge in [0.25, 0.3) is 0 Å². The first-order chi connectivity index (χ1) is 14.0. The van der Waals surface area contributed by atoms with Crippen molar-refractivity contribution in [1.82, 2.24) is 10.6 Å². The maximum atomic E-state index is 12.8. The van der Waals surface area contributed by atoms with Crippen molar-refractivity contribution in [2.75, 3.05) is 0 Å². The fourth-order valence-electron chi connectivity index (χ4n) is 2.88. The summed E-state index contributed by atoms with van der Waals surface area (Å²) < 4.78 is 0. The summed E-state index contributed by atoms with van der Waals surface area (Å²) in [5, 5.41) is 14.3. The van der Waals surface area contributed by atoms with Crippen LogP contribution in [0.3, 0.4) is 0 Å². The van der Waals surface area contributed by atoms with Crippen molar-refractivity contribution in [2.24, 2.45) is 29.0 Å². The molecule has 0 aromatic rings. The Bertz CT molecular complexity index is 677. The van der Waals surface area contributed by atoms with E-state index in [0.29, 0.717) is 6.42 Å². The summed E-state index contributed by atoms with van der Waals surface area (Å²) in [4.78, 5) is 47.5. The number of carboxylic acid groups (broad SMARTS) is 1. The van der Waals surface area contributed by atoms with Crippen LogP contribution in [0.25, 0.3) is 0 Å². The number of carbonyl (C=O) groups is 4. The lowest BCUT2D eigenvalue weighted by Gasteiger charge is -2.25. The molecule has 10 heteroatoms. The lowest BCUT2D eigenvalue weighted by Crippen LogP contribution is -2.55. The summed E-state index contributed by atoms with van der Waals surface area (Å²) in [5.41, 5.74) is 16.7. The first-order valence-corrected chi connectivity index (χ1v) is 10.0. The van der Waals surface area contributed by atoms with E-state index in [2.05, 4.69) is 10.6 Å². The van der Waals surface area contributed by atoms with E-state index < -0.39 is 41.8 Å². The maximum Gasteiger partial charge on any atom is 0.326 e. The maximum absolute atomic E-state index is 12.8. The highest BCUT2D eigenvalue weighted by Gasteiger charge is 2.29. The molecule has 0 aromatic heterocycles. The predicted molar refractivity (Wildman–Crippen MR) is 112 cm³/mol. The molecule has 0 saturated carbocycles.